The molecular weight excluding hydrogens is 246 g/mol. The highest BCUT2D eigenvalue weighted by atomic mass is 35.5. The molecule has 1 aliphatic rings. The van der Waals surface area contributed by atoms with Gasteiger partial charge in [-0.1, -0.05) is 23.6 Å². The van der Waals surface area contributed by atoms with E-state index < -0.39 is 7.12 Å². The van der Waals surface area contributed by atoms with Crippen LogP contribution in [0.5, 0.6) is 0 Å². The van der Waals surface area contributed by atoms with Gasteiger partial charge < -0.3 is 9.31 Å². The fourth-order valence-electron chi connectivity index (χ4n) is 1.77. The molecule has 0 aromatic heterocycles. The van der Waals surface area contributed by atoms with Gasteiger partial charge in [0.25, 0.3) is 0 Å². The lowest BCUT2D eigenvalue weighted by Gasteiger charge is -2.32. The average Bonchev–Trinajstić information content (AvgIpc) is 2.48. The number of hydrogen-bond acceptors (Lipinski definition) is 2. The topological polar surface area (TPSA) is 18.5 Å². The first-order valence-corrected chi connectivity index (χ1v) is 6.26. The Labute approximate surface area is 114 Å². The van der Waals surface area contributed by atoms with Crippen LogP contribution in [0.1, 0.15) is 33.3 Å². The molecule has 0 amide bonds. The van der Waals surface area contributed by atoms with Crippen molar-refractivity contribution in [3.05, 3.63) is 28.8 Å². The third-order valence-corrected chi connectivity index (χ3v) is 3.99. The van der Waals surface area contributed by atoms with E-state index in [-0.39, 0.29) is 11.2 Å². The van der Waals surface area contributed by atoms with E-state index >= 15 is 0 Å². The molecule has 1 saturated heterocycles. The van der Waals surface area contributed by atoms with Gasteiger partial charge in [-0.05, 0) is 45.3 Å². The van der Waals surface area contributed by atoms with Gasteiger partial charge in [-0.3, -0.25) is 0 Å². The van der Waals surface area contributed by atoms with E-state index in [1.807, 2.05) is 39.8 Å². The van der Waals surface area contributed by atoms with Crippen LogP contribution in [0.2, 0.25) is 5.02 Å². The highest BCUT2D eigenvalue weighted by Crippen LogP contribution is 2.36. The smallest absolute Gasteiger partial charge is 0.399 e. The SMILES string of the molecule is C#Cc1ccc(B2OC(C)(C)C(C)(C)O2)cc1Cl. The van der Waals surface area contributed by atoms with E-state index in [2.05, 4.69) is 5.92 Å². The Morgan fingerprint density at radius 2 is 1.72 bits per heavy atom. The molecule has 0 bridgehead atoms. The van der Waals surface area contributed by atoms with E-state index in [0.29, 0.717) is 10.6 Å². The number of hydrogen-bond donors (Lipinski definition) is 0. The molecule has 0 saturated carbocycles. The predicted molar refractivity (Wildman–Crippen MR) is 75.1 cm³/mol. The molecule has 0 N–H and O–H groups in total. The van der Waals surface area contributed by atoms with Crippen molar-refractivity contribution in [2.24, 2.45) is 0 Å². The number of benzene rings is 1. The number of rotatable bonds is 1. The van der Waals surface area contributed by atoms with Gasteiger partial charge in [0.15, 0.2) is 0 Å². The molecule has 1 heterocycles. The predicted octanol–water partition coefficient (Wildman–Crippen LogP) is 2.62. The summed E-state index contributed by atoms with van der Waals surface area (Å²) < 4.78 is 11.9. The second-order valence-corrected chi connectivity index (χ2v) is 5.88. The van der Waals surface area contributed by atoms with E-state index in [9.17, 15) is 0 Å². The number of halogens is 1. The molecule has 0 radical (unpaired) electrons. The maximum absolute atomic E-state index is 6.10. The summed E-state index contributed by atoms with van der Waals surface area (Å²) in [5.74, 6) is 2.53. The monoisotopic (exact) mass is 262 g/mol. The maximum Gasteiger partial charge on any atom is 0.494 e. The maximum atomic E-state index is 6.10. The Kier molecular flexibility index (Phi) is 3.23. The summed E-state index contributed by atoms with van der Waals surface area (Å²) in [5.41, 5.74) is 0.860. The van der Waals surface area contributed by atoms with Crippen molar-refractivity contribution in [2.45, 2.75) is 38.9 Å². The molecule has 0 unspecified atom stereocenters. The minimum absolute atomic E-state index is 0.352. The molecule has 1 fully saturated rings. The van der Waals surface area contributed by atoms with Crippen molar-refractivity contribution >= 4 is 24.2 Å². The molecular formula is C14H16BClO2. The van der Waals surface area contributed by atoms with Gasteiger partial charge in [0, 0.05) is 5.56 Å². The number of terminal acetylenes is 1. The summed E-state index contributed by atoms with van der Waals surface area (Å²) in [4.78, 5) is 0. The van der Waals surface area contributed by atoms with E-state index in [1.165, 1.54) is 0 Å². The van der Waals surface area contributed by atoms with Crippen LogP contribution >= 0.6 is 11.6 Å². The van der Waals surface area contributed by atoms with Crippen LogP contribution in [0, 0.1) is 12.3 Å². The van der Waals surface area contributed by atoms with Gasteiger partial charge >= 0.3 is 7.12 Å². The fourth-order valence-corrected chi connectivity index (χ4v) is 2.02. The summed E-state index contributed by atoms with van der Waals surface area (Å²) in [6.45, 7) is 8.07. The minimum Gasteiger partial charge on any atom is -0.399 e. The molecule has 1 aromatic carbocycles. The summed E-state index contributed by atoms with van der Waals surface area (Å²) in [7, 11) is -0.403. The Morgan fingerprint density at radius 1 is 1.17 bits per heavy atom. The van der Waals surface area contributed by atoms with Crippen LogP contribution < -0.4 is 5.46 Å². The van der Waals surface area contributed by atoms with Gasteiger partial charge in [-0.15, -0.1) is 6.42 Å². The molecule has 0 spiro atoms. The average molecular weight is 263 g/mol. The standard InChI is InChI=1S/C14H16BClO2/c1-6-10-7-8-11(9-12(10)16)15-17-13(2,3)14(4,5)18-15/h1,7-9H,2-5H3. The van der Waals surface area contributed by atoms with Crippen LogP contribution in [0.3, 0.4) is 0 Å². The zero-order valence-corrected chi connectivity index (χ0v) is 11.8. The summed E-state index contributed by atoms with van der Waals surface area (Å²) in [5, 5.41) is 0.546. The van der Waals surface area contributed by atoms with Crippen molar-refractivity contribution in [1.29, 1.82) is 0 Å². The van der Waals surface area contributed by atoms with Crippen molar-refractivity contribution < 1.29 is 9.31 Å². The second-order valence-electron chi connectivity index (χ2n) is 5.47. The van der Waals surface area contributed by atoms with Gasteiger partial charge in [-0.25, -0.2) is 0 Å². The second kappa shape index (κ2) is 4.31. The third kappa shape index (κ3) is 2.17. The normalized spacial score (nSPS) is 20.8. The van der Waals surface area contributed by atoms with E-state index in [4.69, 9.17) is 27.3 Å². The van der Waals surface area contributed by atoms with Crippen molar-refractivity contribution in [2.75, 3.05) is 0 Å². The third-order valence-electron chi connectivity index (χ3n) is 3.67. The minimum atomic E-state index is -0.403. The zero-order chi connectivity index (χ0) is 13.6. The molecule has 2 nitrogen and oxygen atoms in total. The fraction of sp³-hybridized carbons (Fsp3) is 0.429. The largest absolute Gasteiger partial charge is 0.494 e. The molecule has 94 valence electrons. The first-order valence-electron chi connectivity index (χ1n) is 5.88. The quantitative estimate of drug-likeness (QED) is 0.572. The van der Waals surface area contributed by atoms with Crippen molar-refractivity contribution in [3.8, 4) is 12.3 Å². The van der Waals surface area contributed by atoms with Crippen LogP contribution in [0.25, 0.3) is 0 Å². The Hall–Kier alpha value is -0.945. The van der Waals surface area contributed by atoms with Gasteiger partial charge in [0.2, 0.25) is 0 Å². The summed E-state index contributed by atoms with van der Waals surface area (Å²) in [6, 6.07) is 5.50. The molecule has 0 atom stereocenters. The lowest BCUT2D eigenvalue weighted by atomic mass is 9.79. The Bertz CT molecular complexity index is 501. The first-order chi connectivity index (χ1) is 8.27. The summed E-state index contributed by atoms with van der Waals surface area (Å²) in [6.07, 6.45) is 5.34. The zero-order valence-electron chi connectivity index (χ0n) is 11.1. The lowest BCUT2D eigenvalue weighted by molar-refractivity contribution is 0.00578. The van der Waals surface area contributed by atoms with Gasteiger partial charge in [0.05, 0.1) is 16.2 Å². The first kappa shape index (κ1) is 13.5. The molecule has 2 rings (SSSR count). The highest BCUT2D eigenvalue weighted by molar-refractivity contribution is 6.62. The molecule has 18 heavy (non-hydrogen) atoms. The van der Waals surface area contributed by atoms with E-state index in [0.717, 1.165) is 5.46 Å². The Morgan fingerprint density at radius 3 is 2.17 bits per heavy atom. The summed E-state index contributed by atoms with van der Waals surface area (Å²) >= 11 is 6.10. The Balaban J connectivity index is 2.31. The molecule has 0 aliphatic carbocycles. The van der Waals surface area contributed by atoms with Crippen LogP contribution in [-0.4, -0.2) is 18.3 Å². The van der Waals surface area contributed by atoms with Crippen LogP contribution in [-0.2, 0) is 9.31 Å². The highest BCUT2D eigenvalue weighted by Gasteiger charge is 2.51. The van der Waals surface area contributed by atoms with Crippen molar-refractivity contribution in [3.63, 3.8) is 0 Å². The van der Waals surface area contributed by atoms with E-state index in [1.54, 1.807) is 6.07 Å². The van der Waals surface area contributed by atoms with Crippen LogP contribution in [0.4, 0.5) is 0 Å². The molecule has 1 aliphatic heterocycles. The van der Waals surface area contributed by atoms with Crippen molar-refractivity contribution in [1.82, 2.24) is 0 Å². The lowest BCUT2D eigenvalue weighted by Crippen LogP contribution is -2.41. The van der Waals surface area contributed by atoms with Crippen LogP contribution in [0.15, 0.2) is 18.2 Å². The van der Waals surface area contributed by atoms with Gasteiger partial charge in [0.1, 0.15) is 0 Å². The molecule has 1 aromatic rings. The van der Waals surface area contributed by atoms with Gasteiger partial charge in [-0.2, -0.15) is 0 Å². The molecule has 4 heteroatoms.